The molecule has 0 aliphatic carbocycles. The van der Waals surface area contributed by atoms with Gasteiger partial charge in [0.25, 0.3) is 0 Å². The molecule has 0 spiro atoms. The molecule has 0 fully saturated rings. The van der Waals surface area contributed by atoms with Crippen LogP contribution in [0.3, 0.4) is 0 Å². The molecule has 0 amide bonds. The smallest absolute Gasteiger partial charge is 0.159 e. The van der Waals surface area contributed by atoms with Gasteiger partial charge in [-0.15, -0.1) is 0 Å². The van der Waals surface area contributed by atoms with Gasteiger partial charge in [-0.2, -0.15) is 0 Å². The molecule has 4 nitrogen and oxygen atoms in total. The standard InChI is InChI=1S/C16H16N4/c1-10(17)14-9-19-16(20-11(14)2)13-5-6-15-12(8-13)4-3-7-18-15/h3-10H,17H2,1-2H3. The Morgan fingerprint density at radius 3 is 2.75 bits per heavy atom. The van der Waals surface area contributed by atoms with Gasteiger partial charge in [-0.1, -0.05) is 6.07 Å². The normalized spacial score (nSPS) is 12.6. The Morgan fingerprint density at radius 2 is 2.00 bits per heavy atom. The predicted octanol–water partition coefficient (Wildman–Crippen LogP) is 3.02. The second kappa shape index (κ2) is 4.98. The van der Waals surface area contributed by atoms with Crippen LogP contribution in [0.15, 0.2) is 42.7 Å². The zero-order valence-corrected chi connectivity index (χ0v) is 11.5. The number of fused-ring (bicyclic) bond motifs is 1. The van der Waals surface area contributed by atoms with Crippen molar-refractivity contribution in [2.24, 2.45) is 5.73 Å². The molecular weight excluding hydrogens is 248 g/mol. The number of aromatic nitrogens is 3. The molecule has 100 valence electrons. The summed E-state index contributed by atoms with van der Waals surface area (Å²) in [5.41, 5.74) is 9.76. The first-order valence-corrected chi connectivity index (χ1v) is 6.59. The van der Waals surface area contributed by atoms with Crippen LogP contribution in [0.5, 0.6) is 0 Å². The summed E-state index contributed by atoms with van der Waals surface area (Å²) in [6, 6.07) is 9.96. The third-order valence-electron chi connectivity index (χ3n) is 3.37. The molecule has 0 aliphatic heterocycles. The van der Waals surface area contributed by atoms with Crippen molar-refractivity contribution in [1.82, 2.24) is 15.0 Å². The molecule has 1 atom stereocenters. The number of hydrogen-bond donors (Lipinski definition) is 1. The van der Waals surface area contributed by atoms with Gasteiger partial charge in [0.2, 0.25) is 0 Å². The monoisotopic (exact) mass is 264 g/mol. The first-order chi connectivity index (χ1) is 9.65. The molecule has 0 aliphatic rings. The van der Waals surface area contributed by atoms with E-state index in [2.05, 4.69) is 21.0 Å². The van der Waals surface area contributed by atoms with E-state index in [1.807, 2.05) is 44.3 Å². The molecule has 1 unspecified atom stereocenters. The quantitative estimate of drug-likeness (QED) is 0.772. The highest BCUT2D eigenvalue weighted by Gasteiger charge is 2.09. The molecule has 2 N–H and O–H groups in total. The van der Waals surface area contributed by atoms with E-state index in [1.54, 1.807) is 6.20 Å². The van der Waals surface area contributed by atoms with Gasteiger partial charge in [-0.05, 0) is 38.1 Å². The van der Waals surface area contributed by atoms with Gasteiger partial charge < -0.3 is 5.73 Å². The van der Waals surface area contributed by atoms with E-state index in [9.17, 15) is 0 Å². The summed E-state index contributed by atoms with van der Waals surface area (Å²) in [5, 5.41) is 1.09. The average Bonchev–Trinajstić information content (AvgIpc) is 2.46. The average molecular weight is 264 g/mol. The fraction of sp³-hybridized carbons (Fsp3) is 0.188. The minimum atomic E-state index is -0.0511. The molecule has 0 saturated carbocycles. The van der Waals surface area contributed by atoms with E-state index in [0.717, 1.165) is 33.5 Å². The second-order valence-electron chi connectivity index (χ2n) is 4.93. The lowest BCUT2D eigenvalue weighted by molar-refractivity contribution is 0.790. The molecule has 2 heterocycles. The summed E-state index contributed by atoms with van der Waals surface area (Å²) in [5.74, 6) is 0.720. The number of rotatable bonds is 2. The van der Waals surface area contributed by atoms with Crippen molar-refractivity contribution in [2.75, 3.05) is 0 Å². The van der Waals surface area contributed by atoms with Crippen molar-refractivity contribution < 1.29 is 0 Å². The Hall–Kier alpha value is -2.33. The molecule has 3 aromatic rings. The SMILES string of the molecule is Cc1nc(-c2ccc3ncccc3c2)ncc1C(C)N. The Labute approximate surface area is 117 Å². The molecule has 0 bridgehead atoms. The van der Waals surface area contributed by atoms with Crippen molar-refractivity contribution in [3.8, 4) is 11.4 Å². The zero-order chi connectivity index (χ0) is 14.1. The Bertz CT molecular complexity index is 765. The maximum absolute atomic E-state index is 5.89. The van der Waals surface area contributed by atoms with Crippen molar-refractivity contribution in [3.63, 3.8) is 0 Å². The van der Waals surface area contributed by atoms with E-state index < -0.39 is 0 Å². The minimum Gasteiger partial charge on any atom is -0.324 e. The van der Waals surface area contributed by atoms with E-state index in [0.29, 0.717) is 0 Å². The number of benzene rings is 1. The summed E-state index contributed by atoms with van der Waals surface area (Å²) >= 11 is 0. The van der Waals surface area contributed by atoms with E-state index in [4.69, 9.17) is 5.73 Å². The second-order valence-corrected chi connectivity index (χ2v) is 4.93. The van der Waals surface area contributed by atoms with Crippen LogP contribution in [0.4, 0.5) is 0 Å². The van der Waals surface area contributed by atoms with Crippen LogP contribution < -0.4 is 5.73 Å². The summed E-state index contributed by atoms with van der Waals surface area (Å²) < 4.78 is 0. The number of pyridine rings is 1. The van der Waals surface area contributed by atoms with E-state index in [-0.39, 0.29) is 6.04 Å². The third kappa shape index (κ3) is 2.26. The van der Waals surface area contributed by atoms with Gasteiger partial charge in [0.1, 0.15) is 0 Å². The van der Waals surface area contributed by atoms with Crippen LogP contribution in [0.2, 0.25) is 0 Å². The molecule has 0 saturated heterocycles. The van der Waals surface area contributed by atoms with Crippen molar-refractivity contribution in [3.05, 3.63) is 54.0 Å². The zero-order valence-electron chi connectivity index (χ0n) is 11.5. The largest absolute Gasteiger partial charge is 0.324 e. The predicted molar refractivity (Wildman–Crippen MR) is 80.1 cm³/mol. The summed E-state index contributed by atoms with van der Waals surface area (Å²) in [6.07, 6.45) is 3.61. The molecule has 3 rings (SSSR count). The highest BCUT2D eigenvalue weighted by molar-refractivity contribution is 5.83. The van der Waals surface area contributed by atoms with Crippen molar-refractivity contribution >= 4 is 10.9 Å². The van der Waals surface area contributed by atoms with Crippen LogP contribution in [0.25, 0.3) is 22.3 Å². The van der Waals surface area contributed by atoms with Gasteiger partial charge >= 0.3 is 0 Å². The van der Waals surface area contributed by atoms with Crippen LogP contribution in [0, 0.1) is 6.92 Å². The van der Waals surface area contributed by atoms with Crippen LogP contribution >= 0.6 is 0 Å². The van der Waals surface area contributed by atoms with Gasteiger partial charge in [0.05, 0.1) is 5.52 Å². The number of hydrogen-bond acceptors (Lipinski definition) is 4. The van der Waals surface area contributed by atoms with Crippen molar-refractivity contribution in [1.29, 1.82) is 0 Å². The third-order valence-corrected chi connectivity index (χ3v) is 3.37. The van der Waals surface area contributed by atoms with Gasteiger partial charge in [-0.3, -0.25) is 4.98 Å². The molecule has 0 radical (unpaired) electrons. The first kappa shape index (κ1) is 12.7. The highest BCUT2D eigenvalue weighted by atomic mass is 14.9. The lowest BCUT2D eigenvalue weighted by atomic mass is 10.1. The number of nitrogens with zero attached hydrogens (tertiary/aromatic N) is 3. The first-order valence-electron chi connectivity index (χ1n) is 6.59. The van der Waals surface area contributed by atoms with E-state index >= 15 is 0 Å². The fourth-order valence-electron chi connectivity index (χ4n) is 2.28. The fourth-order valence-corrected chi connectivity index (χ4v) is 2.28. The summed E-state index contributed by atoms with van der Waals surface area (Å²) in [4.78, 5) is 13.3. The Kier molecular flexibility index (Phi) is 3.16. The van der Waals surface area contributed by atoms with Crippen molar-refractivity contribution in [2.45, 2.75) is 19.9 Å². The Balaban J connectivity index is 2.08. The van der Waals surface area contributed by atoms with Crippen LogP contribution in [-0.4, -0.2) is 15.0 Å². The molecule has 20 heavy (non-hydrogen) atoms. The number of nitrogens with two attached hydrogens (primary N) is 1. The summed E-state index contributed by atoms with van der Waals surface area (Å²) in [7, 11) is 0. The van der Waals surface area contributed by atoms with E-state index in [1.165, 1.54) is 0 Å². The summed E-state index contributed by atoms with van der Waals surface area (Å²) in [6.45, 7) is 3.90. The maximum atomic E-state index is 5.89. The Morgan fingerprint density at radius 1 is 1.15 bits per heavy atom. The molecular formula is C16H16N4. The number of aryl methyl sites for hydroxylation is 1. The highest BCUT2D eigenvalue weighted by Crippen LogP contribution is 2.22. The molecule has 4 heteroatoms. The van der Waals surface area contributed by atoms with Gasteiger partial charge in [0, 0.05) is 40.6 Å². The molecule has 2 aromatic heterocycles. The lowest BCUT2D eigenvalue weighted by Crippen LogP contribution is -2.09. The van der Waals surface area contributed by atoms with Crippen LogP contribution in [-0.2, 0) is 0 Å². The topological polar surface area (TPSA) is 64.7 Å². The molecule has 1 aromatic carbocycles. The van der Waals surface area contributed by atoms with Crippen LogP contribution in [0.1, 0.15) is 24.2 Å². The minimum absolute atomic E-state index is 0.0511. The lowest BCUT2D eigenvalue weighted by Gasteiger charge is -2.10. The van der Waals surface area contributed by atoms with Gasteiger partial charge in [0.15, 0.2) is 5.82 Å². The maximum Gasteiger partial charge on any atom is 0.159 e. The van der Waals surface area contributed by atoms with Gasteiger partial charge in [-0.25, -0.2) is 9.97 Å².